The molecule has 1 heterocycles. The van der Waals surface area contributed by atoms with Crippen molar-refractivity contribution in [3.63, 3.8) is 0 Å². The normalized spacial score (nSPS) is 10.8. The van der Waals surface area contributed by atoms with Crippen LogP contribution in [0.2, 0.25) is 5.02 Å². The molecule has 0 saturated heterocycles. The van der Waals surface area contributed by atoms with E-state index in [0.717, 1.165) is 12.3 Å². The lowest BCUT2D eigenvalue weighted by Gasteiger charge is -2.05. The predicted molar refractivity (Wildman–Crippen MR) is 62.7 cm³/mol. The van der Waals surface area contributed by atoms with E-state index in [-0.39, 0.29) is 20.4 Å². The number of halogens is 3. The molecule has 8 heteroatoms. The molecule has 0 radical (unpaired) electrons. The molecule has 0 saturated carbocycles. The standard InChI is InChI=1S/C9H3BrClFN2O3/c10-6-4(12)1-3-8(7(6)11)13-2-5(9(3)15)14(16)17/h1-2H,(H,13,15). The molecule has 88 valence electrons. The molecule has 2 rings (SSSR count). The summed E-state index contributed by atoms with van der Waals surface area (Å²) in [7, 11) is 0. The highest BCUT2D eigenvalue weighted by Gasteiger charge is 2.21. The second-order valence-electron chi connectivity index (χ2n) is 3.13. The summed E-state index contributed by atoms with van der Waals surface area (Å²) in [5.41, 5.74) is -0.515. The van der Waals surface area contributed by atoms with Crippen LogP contribution in [0.1, 0.15) is 0 Å². The lowest BCUT2D eigenvalue weighted by atomic mass is 10.2. The first-order valence-electron chi connectivity index (χ1n) is 4.23. The molecule has 0 bridgehead atoms. The summed E-state index contributed by atoms with van der Waals surface area (Å²) in [4.78, 5) is 13.5. The largest absolute Gasteiger partial charge is 0.502 e. The molecule has 2 aromatic rings. The summed E-state index contributed by atoms with van der Waals surface area (Å²) in [6.45, 7) is 0. The Morgan fingerprint density at radius 2 is 2.24 bits per heavy atom. The Balaban J connectivity index is 2.92. The van der Waals surface area contributed by atoms with Gasteiger partial charge < -0.3 is 5.11 Å². The van der Waals surface area contributed by atoms with Crippen molar-refractivity contribution in [1.29, 1.82) is 0 Å². The van der Waals surface area contributed by atoms with E-state index in [0.29, 0.717) is 0 Å². The molecule has 1 aromatic heterocycles. The third kappa shape index (κ3) is 1.81. The van der Waals surface area contributed by atoms with Gasteiger partial charge in [0.2, 0.25) is 5.75 Å². The zero-order valence-electron chi connectivity index (χ0n) is 7.95. The molecule has 0 aliphatic heterocycles. The predicted octanol–water partition coefficient (Wildman–Crippen LogP) is 3.40. The number of fused-ring (bicyclic) bond motifs is 1. The van der Waals surface area contributed by atoms with E-state index in [1.165, 1.54) is 0 Å². The first-order chi connectivity index (χ1) is 7.93. The van der Waals surface area contributed by atoms with Gasteiger partial charge in [-0.1, -0.05) is 11.6 Å². The van der Waals surface area contributed by atoms with E-state index < -0.39 is 22.2 Å². The van der Waals surface area contributed by atoms with Crippen molar-refractivity contribution in [2.75, 3.05) is 0 Å². The fraction of sp³-hybridized carbons (Fsp3) is 0. The van der Waals surface area contributed by atoms with Gasteiger partial charge in [-0.15, -0.1) is 0 Å². The van der Waals surface area contributed by atoms with E-state index in [1.54, 1.807) is 0 Å². The molecular formula is C9H3BrClFN2O3. The maximum atomic E-state index is 13.4. The molecule has 17 heavy (non-hydrogen) atoms. The average Bonchev–Trinajstić information content (AvgIpc) is 2.27. The van der Waals surface area contributed by atoms with Crippen molar-refractivity contribution in [2.45, 2.75) is 0 Å². The molecule has 0 spiro atoms. The fourth-order valence-corrected chi connectivity index (χ4v) is 1.89. The highest BCUT2D eigenvalue weighted by molar-refractivity contribution is 9.10. The van der Waals surface area contributed by atoms with Crippen LogP contribution in [0.3, 0.4) is 0 Å². The number of hydrogen-bond acceptors (Lipinski definition) is 4. The van der Waals surface area contributed by atoms with E-state index in [9.17, 15) is 19.6 Å². The van der Waals surface area contributed by atoms with Gasteiger partial charge in [0, 0.05) is 0 Å². The molecule has 0 unspecified atom stereocenters. The molecular weight excluding hydrogens is 318 g/mol. The van der Waals surface area contributed by atoms with E-state index in [2.05, 4.69) is 20.9 Å². The first-order valence-corrected chi connectivity index (χ1v) is 5.40. The number of hydrogen-bond donors (Lipinski definition) is 1. The second-order valence-corrected chi connectivity index (χ2v) is 4.30. The number of aromatic hydroxyl groups is 1. The Hall–Kier alpha value is -1.47. The van der Waals surface area contributed by atoms with Crippen LogP contribution in [0, 0.1) is 15.9 Å². The first kappa shape index (κ1) is 12.0. The Kier molecular flexibility index (Phi) is 2.88. The molecule has 0 aliphatic rings. The molecule has 0 aliphatic carbocycles. The molecule has 0 atom stereocenters. The van der Waals surface area contributed by atoms with Crippen molar-refractivity contribution in [3.05, 3.63) is 37.7 Å². The quantitative estimate of drug-likeness (QED) is 0.496. The summed E-state index contributed by atoms with van der Waals surface area (Å²) < 4.78 is 13.4. The van der Waals surface area contributed by atoms with Crippen LogP contribution >= 0.6 is 27.5 Å². The lowest BCUT2D eigenvalue weighted by molar-refractivity contribution is -0.386. The van der Waals surface area contributed by atoms with Crippen LogP contribution < -0.4 is 0 Å². The number of rotatable bonds is 1. The molecule has 1 N–H and O–H groups in total. The molecule has 0 amide bonds. The minimum atomic E-state index is -0.810. The summed E-state index contributed by atoms with van der Waals surface area (Å²) in [6, 6.07) is 0.931. The second kappa shape index (κ2) is 4.08. The van der Waals surface area contributed by atoms with Gasteiger partial charge in [-0.3, -0.25) is 10.1 Å². The maximum Gasteiger partial charge on any atom is 0.329 e. The zero-order valence-corrected chi connectivity index (χ0v) is 10.3. The number of benzene rings is 1. The number of nitrogens with zero attached hydrogens (tertiary/aromatic N) is 2. The summed E-state index contributed by atoms with van der Waals surface area (Å²) in [6.07, 6.45) is 0.869. The van der Waals surface area contributed by atoms with Crippen LogP contribution in [0.5, 0.6) is 5.75 Å². The number of pyridine rings is 1. The van der Waals surface area contributed by atoms with Crippen molar-refractivity contribution < 1.29 is 14.4 Å². The Bertz CT molecular complexity index is 650. The van der Waals surface area contributed by atoms with Gasteiger partial charge in [-0.2, -0.15) is 0 Å². The summed E-state index contributed by atoms with van der Waals surface area (Å²) in [5, 5.41) is 20.1. The average molecular weight is 321 g/mol. The molecule has 5 nitrogen and oxygen atoms in total. The van der Waals surface area contributed by atoms with Gasteiger partial charge >= 0.3 is 5.69 Å². The highest BCUT2D eigenvalue weighted by Crippen LogP contribution is 2.39. The van der Waals surface area contributed by atoms with Crippen LogP contribution in [0.15, 0.2) is 16.7 Å². The van der Waals surface area contributed by atoms with Crippen molar-refractivity contribution >= 4 is 44.1 Å². The third-order valence-electron chi connectivity index (χ3n) is 2.15. The SMILES string of the molecule is O=[N+]([O-])c1cnc2c(Cl)c(Br)c(F)cc2c1O. The summed E-state index contributed by atoms with van der Waals surface area (Å²) >= 11 is 8.71. The fourth-order valence-electron chi connectivity index (χ4n) is 1.35. The van der Waals surface area contributed by atoms with Crippen LogP contribution in [-0.2, 0) is 0 Å². The maximum absolute atomic E-state index is 13.4. The lowest BCUT2D eigenvalue weighted by Crippen LogP contribution is -1.93. The van der Waals surface area contributed by atoms with Gasteiger partial charge in [0.15, 0.2) is 0 Å². The summed E-state index contributed by atoms with van der Waals surface area (Å²) in [5.74, 6) is -1.40. The van der Waals surface area contributed by atoms with E-state index in [1.807, 2.05) is 0 Å². The molecule has 0 fully saturated rings. The van der Waals surface area contributed by atoms with Gasteiger partial charge in [0.05, 0.1) is 25.3 Å². The Labute approximate surface area is 107 Å². The van der Waals surface area contributed by atoms with Crippen molar-refractivity contribution in [3.8, 4) is 5.75 Å². The third-order valence-corrected chi connectivity index (χ3v) is 3.52. The van der Waals surface area contributed by atoms with Crippen molar-refractivity contribution in [1.82, 2.24) is 4.98 Å². The monoisotopic (exact) mass is 320 g/mol. The van der Waals surface area contributed by atoms with Gasteiger partial charge in [-0.05, 0) is 22.0 Å². The number of aromatic nitrogens is 1. The van der Waals surface area contributed by atoms with E-state index >= 15 is 0 Å². The van der Waals surface area contributed by atoms with Crippen LogP contribution in [-0.4, -0.2) is 15.0 Å². The van der Waals surface area contributed by atoms with E-state index in [4.69, 9.17) is 11.6 Å². The van der Waals surface area contributed by atoms with Gasteiger partial charge in [0.1, 0.15) is 12.0 Å². The van der Waals surface area contributed by atoms with Crippen LogP contribution in [0.25, 0.3) is 10.9 Å². The Morgan fingerprint density at radius 1 is 1.59 bits per heavy atom. The van der Waals surface area contributed by atoms with Crippen LogP contribution in [0.4, 0.5) is 10.1 Å². The van der Waals surface area contributed by atoms with Gasteiger partial charge in [-0.25, -0.2) is 9.37 Å². The smallest absolute Gasteiger partial charge is 0.329 e. The number of nitro groups is 1. The van der Waals surface area contributed by atoms with Crippen molar-refractivity contribution in [2.24, 2.45) is 0 Å². The highest BCUT2D eigenvalue weighted by atomic mass is 79.9. The zero-order chi connectivity index (χ0) is 12.7. The topological polar surface area (TPSA) is 76.3 Å². The Morgan fingerprint density at radius 3 is 2.82 bits per heavy atom. The minimum absolute atomic E-state index is 0.00702. The minimum Gasteiger partial charge on any atom is -0.502 e. The molecule has 1 aromatic carbocycles. The van der Waals surface area contributed by atoms with Gasteiger partial charge in [0.25, 0.3) is 0 Å².